The quantitative estimate of drug-likeness (QED) is 0.126. The number of benzene rings is 2. The molecule has 1 aromatic heterocycles. The second-order valence-corrected chi connectivity index (χ2v) is 10.8. The van der Waals surface area contributed by atoms with Gasteiger partial charge in [-0.1, -0.05) is 79.6 Å². The van der Waals surface area contributed by atoms with Gasteiger partial charge in [0.15, 0.2) is 0 Å². The highest BCUT2D eigenvalue weighted by Gasteiger charge is 2.12. The average Bonchev–Trinajstić information content (AvgIpc) is 2.99. The third kappa shape index (κ3) is 9.18. The molecule has 0 saturated heterocycles. The largest absolute Gasteiger partial charge is 0.493 e. The highest BCUT2D eigenvalue weighted by Crippen LogP contribution is 2.35. The zero-order valence-electron chi connectivity index (χ0n) is 25.6. The highest BCUT2D eigenvalue weighted by molar-refractivity contribution is 5.70. The molecule has 0 atom stereocenters. The molecule has 3 rings (SSSR count). The lowest BCUT2D eigenvalue weighted by Crippen LogP contribution is -2.01. The number of rotatable bonds is 17. The van der Waals surface area contributed by atoms with E-state index in [9.17, 15) is 0 Å². The van der Waals surface area contributed by atoms with Gasteiger partial charge in [0, 0.05) is 17.8 Å². The zero-order chi connectivity index (χ0) is 28.7. The minimum absolute atomic E-state index is 0.346. The summed E-state index contributed by atoms with van der Waals surface area (Å²) in [5, 5.41) is 9.48. The molecule has 216 valence electrons. The monoisotopic (exact) mass is 543 g/mol. The first kappa shape index (κ1) is 31.3. The first-order valence-electron chi connectivity index (χ1n) is 15.3. The number of ether oxygens (including phenoxy) is 2. The van der Waals surface area contributed by atoms with Gasteiger partial charge < -0.3 is 9.47 Å². The van der Waals surface area contributed by atoms with Gasteiger partial charge in [-0.3, -0.25) is 0 Å². The Morgan fingerprint density at radius 1 is 0.750 bits per heavy atom. The van der Waals surface area contributed by atoms with E-state index in [1.165, 1.54) is 61.6 Å². The maximum Gasteiger partial charge on any atom is 0.212 e. The van der Waals surface area contributed by atoms with Gasteiger partial charge in [-0.05, 0) is 83.8 Å². The highest BCUT2D eigenvalue weighted by atomic mass is 16.5. The molecule has 5 nitrogen and oxygen atoms in total. The van der Waals surface area contributed by atoms with Crippen LogP contribution in [-0.4, -0.2) is 18.7 Å². The Balaban J connectivity index is 1.70. The molecule has 0 radical (unpaired) electrons. The molecule has 0 bridgehead atoms. The fourth-order valence-corrected chi connectivity index (χ4v) is 4.97. The Kier molecular flexibility index (Phi) is 13.1. The van der Waals surface area contributed by atoms with Crippen LogP contribution in [0.5, 0.6) is 11.6 Å². The van der Waals surface area contributed by atoms with Crippen molar-refractivity contribution < 1.29 is 9.47 Å². The van der Waals surface area contributed by atoms with Crippen LogP contribution in [0.4, 0.5) is 11.4 Å². The van der Waals surface area contributed by atoms with Crippen LogP contribution in [0.2, 0.25) is 0 Å². The van der Waals surface area contributed by atoms with Gasteiger partial charge in [0.2, 0.25) is 5.88 Å². The standard InChI is InChI=1S/C35H49N3O2/c1-7-10-11-12-13-14-15-16-21-40-33-19-18-31(24-32(33)26(4)5)37-38-35-27(8-2)22-30(23-28(35)9-3)29-17-20-34(39-6)36-25-29/h17-20,22-26H,7-16,21H2,1-6H3. The number of pyridine rings is 1. The van der Waals surface area contributed by atoms with Crippen molar-refractivity contribution in [3.8, 4) is 22.8 Å². The minimum Gasteiger partial charge on any atom is -0.493 e. The van der Waals surface area contributed by atoms with E-state index in [0.29, 0.717) is 11.8 Å². The number of nitrogens with zero attached hydrogens (tertiary/aromatic N) is 3. The lowest BCUT2D eigenvalue weighted by atomic mass is 9.96. The topological polar surface area (TPSA) is 56.1 Å². The van der Waals surface area contributed by atoms with Crippen molar-refractivity contribution in [2.45, 2.75) is 105 Å². The summed E-state index contributed by atoms with van der Waals surface area (Å²) in [6.07, 6.45) is 14.0. The van der Waals surface area contributed by atoms with Gasteiger partial charge in [0.25, 0.3) is 0 Å². The van der Waals surface area contributed by atoms with Crippen molar-refractivity contribution >= 4 is 11.4 Å². The fourth-order valence-electron chi connectivity index (χ4n) is 4.97. The summed E-state index contributed by atoms with van der Waals surface area (Å²) >= 11 is 0. The Morgan fingerprint density at radius 2 is 1.43 bits per heavy atom. The smallest absolute Gasteiger partial charge is 0.212 e. The average molecular weight is 544 g/mol. The number of hydrogen-bond donors (Lipinski definition) is 0. The van der Waals surface area contributed by atoms with Gasteiger partial charge in [-0.15, -0.1) is 5.11 Å². The van der Waals surface area contributed by atoms with Crippen LogP contribution in [0, 0.1) is 0 Å². The van der Waals surface area contributed by atoms with Crippen molar-refractivity contribution in [3.63, 3.8) is 0 Å². The summed E-state index contributed by atoms with van der Waals surface area (Å²) in [6.45, 7) is 11.8. The molecule has 0 fully saturated rings. The molecule has 0 amide bonds. The maximum absolute atomic E-state index is 6.22. The number of aromatic nitrogens is 1. The number of unbranched alkanes of at least 4 members (excludes halogenated alkanes) is 7. The molecular weight excluding hydrogens is 494 g/mol. The minimum atomic E-state index is 0.346. The molecule has 40 heavy (non-hydrogen) atoms. The van der Waals surface area contributed by atoms with E-state index in [0.717, 1.165) is 54.1 Å². The van der Waals surface area contributed by atoms with Crippen LogP contribution in [0.25, 0.3) is 11.1 Å². The van der Waals surface area contributed by atoms with E-state index in [4.69, 9.17) is 19.7 Å². The number of hydrogen-bond acceptors (Lipinski definition) is 5. The van der Waals surface area contributed by atoms with Crippen LogP contribution < -0.4 is 9.47 Å². The summed E-state index contributed by atoms with van der Waals surface area (Å²) in [5.74, 6) is 1.93. The fraction of sp³-hybridized carbons (Fsp3) is 0.514. The number of aryl methyl sites for hydroxylation is 2. The molecule has 0 saturated carbocycles. The third-order valence-electron chi connectivity index (χ3n) is 7.44. The van der Waals surface area contributed by atoms with Gasteiger partial charge >= 0.3 is 0 Å². The normalized spacial score (nSPS) is 11.5. The predicted octanol–water partition coefficient (Wildman–Crippen LogP) is 10.9. The second-order valence-electron chi connectivity index (χ2n) is 10.8. The van der Waals surface area contributed by atoms with Crippen molar-refractivity contribution in [3.05, 3.63) is 65.4 Å². The first-order chi connectivity index (χ1) is 19.5. The maximum atomic E-state index is 6.22. The summed E-state index contributed by atoms with van der Waals surface area (Å²) in [4.78, 5) is 4.38. The van der Waals surface area contributed by atoms with Crippen molar-refractivity contribution in [1.82, 2.24) is 4.98 Å². The van der Waals surface area contributed by atoms with E-state index in [1.54, 1.807) is 7.11 Å². The van der Waals surface area contributed by atoms with E-state index in [-0.39, 0.29) is 0 Å². The molecule has 0 spiro atoms. The van der Waals surface area contributed by atoms with Crippen LogP contribution in [0.1, 0.15) is 109 Å². The van der Waals surface area contributed by atoms with E-state index in [1.807, 2.05) is 24.4 Å². The third-order valence-corrected chi connectivity index (χ3v) is 7.44. The van der Waals surface area contributed by atoms with E-state index < -0.39 is 0 Å². The van der Waals surface area contributed by atoms with Gasteiger partial charge in [0.05, 0.1) is 25.1 Å². The lowest BCUT2D eigenvalue weighted by Gasteiger charge is -2.15. The number of methoxy groups -OCH3 is 1. The molecule has 0 aliphatic carbocycles. The predicted molar refractivity (Wildman–Crippen MR) is 168 cm³/mol. The van der Waals surface area contributed by atoms with Crippen LogP contribution in [0.15, 0.2) is 58.9 Å². The molecule has 5 heteroatoms. The summed E-state index contributed by atoms with van der Waals surface area (Å²) in [7, 11) is 1.63. The number of azo groups is 1. The second kappa shape index (κ2) is 16.8. The molecule has 0 unspecified atom stereocenters. The SMILES string of the molecule is CCCCCCCCCCOc1ccc(N=Nc2c(CC)cc(-c3ccc(OC)nc3)cc2CC)cc1C(C)C. The van der Waals surface area contributed by atoms with Crippen LogP contribution in [0.3, 0.4) is 0 Å². The first-order valence-corrected chi connectivity index (χ1v) is 15.3. The summed E-state index contributed by atoms with van der Waals surface area (Å²) < 4.78 is 11.4. The van der Waals surface area contributed by atoms with Gasteiger partial charge in [-0.2, -0.15) is 5.11 Å². The Morgan fingerprint density at radius 3 is 2.00 bits per heavy atom. The Bertz CT molecular complexity index is 1180. The molecular formula is C35H49N3O2. The van der Waals surface area contributed by atoms with E-state index in [2.05, 4.69) is 63.9 Å². The van der Waals surface area contributed by atoms with Gasteiger partial charge in [0.1, 0.15) is 5.75 Å². The molecule has 0 aliphatic rings. The molecule has 0 N–H and O–H groups in total. The molecule has 1 heterocycles. The van der Waals surface area contributed by atoms with Crippen LogP contribution in [-0.2, 0) is 12.8 Å². The Labute approximate surface area is 242 Å². The summed E-state index contributed by atoms with van der Waals surface area (Å²) in [5.41, 5.74) is 7.59. The van der Waals surface area contributed by atoms with Gasteiger partial charge in [-0.25, -0.2) is 4.98 Å². The van der Waals surface area contributed by atoms with E-state index >= 15 is 0 Å². The molecule has 0 aliphatic heterocycles. The molecule has 2 aromatic carbocycles. The zero-order valence-corrected chi connectivity index (χ0v) is 25.6. The lowest BCUT2D eigenvalue weighted by molar-refractivity contribution is 0.300. The van der Waals surface area contributed by atoms with Crippen molar-refractivity contribution in [2.24, 2.45) is 10.2 Å². The Hall–Kier alpha value is -3.21. The molecule has 3 aromatic rings. The van der Waals surface area contributed by atoms with Crippen molar-refractivity contribution in [2.75, 3.05) is 13.7 Å². The summed E-state index contributed by atoms with van der Waals surface area (Å²) in [6, 6.07) is 14.6. The van der Waals surface area contributed by atoms with Crippen molar-refractivity contribution in [1.29, 1.82) is 0 Å². The van der Waals surface area contributed by atoms with Crippen LogP contribution >= 0.6 is 0 Å².